The molecule has 124 valence electrons. The van der Waals surface area contributed by atoms with E-state index in [9.17, 15) is 15.3 Å². The standard InChI is InChI=1S/C19H30O3/c1-18-8-7-16-14(15(18)4-5-17(18)22)3-2-12-10-13(21)6-9-19(12,16)11-20/h4,12-14,16-17,20-22H,2-3,5-11H2,1H3/t12?,13?,14-,16+,17?,18-,19+/m0/s1. The Bertz CT molecular complexity index is 487. The van der Waals surface area contributed by atoms with Crippen molar-refractivity contribution in [3.63, 3.8) is 0 Å². The first-order valence-corrected chi connectivity index (χ1v) is 9.19. The van der Waals surface area contributed by atoms with Crippen molar-refractivity contribution in [2.75, 3.05) is 6.61 Å². The summed E-state index contributed by atoms with van der Waals surface area (Å²) < 4.78 is 0. The molecule has 0 spiro atoms. The number of aliphatic hydroxyl groups excluding tert-OH is 3. The Balaban J connectivity index is 1.68. The molecule has 4 aliphatic carbocycles. The van der Waals surface area contributed by atoms with E-state index < -0.39 is 0 Å². The molecular weight excluding hydrogens is 276 g/mol. The first-order valence-electron chi connectivity index (χ1n) is 9.19. The second-order valence-corrected chi connectivity index (χ2v) is 8.67. The molecular formula is C19H30O3. The zero-order chi connectivity index (χ0) is 15.5. The van der Waals surface area contributed by atoms with Crippen LogP contribution in [0.4, 0.5) is 0 Å². The summed E-state index contributed by atoms with van der Waals surface area (Å²) in [5.41, 5.74) is 1.50. The van der Waals surface area contributed by atoms with Gasteiger partial charge in [0.15, 0.2) is 0 Å². The van der Waals surface area contributed by atoms with Crippen molar-refractivity contribution < 1.29 is 15.3 Å². The Morgan fingerprint density at radius 1 is 1.14 bits per heavy atom. The van der Waals surface area contributed by atoms with Crippen molar-refractivity contribution in [3.8, 4) is 0 Å². The lowest BCUT2D eigenvalue weighted by atomic mass is 9.46. The van der Waals surface area contributed by atoms with Gasteiger partial charge in [-0.15, -0.1) is 0 Å². The summed E-state index contributed by atoms with van der Waals surface area (Å²) in [5.74, 6) is 1.58. The van der Waals surface area contributed by atoms with E-state index in [0.29, 0.717) is 17.8 Å². The molecule has 3 saturated carbocycles. The Labute approximate surface area is 133 Å². The van der Waals surface area contributed by atoms with Gasteiger partial charge in [0.1, 0.15) is 0 Å². The lowest BCUT2D eigenvalue weighted by molar-refractivity contribution is -0.123. The van der Waals surface area contributed by atoms with E-state index in [1.165, 1.54) is 12.0 Å². The van der Waals surface area contributed by atoms with E-state index in [1.54, 1.807) is 0 Å². The monoisotopic (exact) mass is 306 g/mol. The minimum atomic E-state index is -0.209. The zero-order valence-electron chi connectivity index (χ0n) is 13.7. The van der Waals surface area contributed by atoms with E-state index in [-0.39, 0.29) is 29.6 Å². The summed E-state index contributed by atoms with van der Waals surface area (Å²) in [6.45, 7) is 2.52. The lowest BCUT2D eigenvalue weighted by Crippen LogP contribution is -2.55. The average molecular weight is 306 g/mol. The van der Waals surface area contributed by atoms with Gasteiger partial charge in [-0.2, -0.15) is 0 Å². The molecule has 22 heavy (non-hydrogen) atoms. The van der Waals surface area contributed by atoms with Gasteiger partial charge in [0.05, 0.1) is 12.2 Å². The second kappa shape index (κ2) is 5.06. The van der Waals surface area contributed by atoms with Crippen LogP contribution in [0.1, 0.15) is 58.3 Å². The fourth-order valence-electron chi connectivity index (χ4n) is 6.65. The number of fused-ring (bicyclic) bond motifs is 5. The molecule has 3 unspecified atom stereocenters. The fourth-order valence-corrected chi connectivity index (χ4v) is 6.65. The van der Waals surface area contributed by atoms with Crippen LogP contribution in [0.2, 0.25) is 0 Å². The molecule has 4 aliphatic rings. The summed E-state index contributed by atoms with van der Waals surface area (Å²) in [4.78, 5) is 0. The predicted octanol–water partition coefficient (Wildman–Crippen LogP) is 2.64. The van der Waals surface area contributed by atoms with Crippen LogP contribution >= 0.6 is 0 Å². The van der Waals surface area contributed by atoms with Gasteiger partial charge in [-0.3, -0.25) is 0 Å². The van der Waals surface area contributed by atoms with Gasteiger partial charge in [0.25, 0.3) is 0 Å². The van der Waals surface area contributed by atoms with Gasteiger partial charge in [0.2, 0.25) is 0 Å². The highest BCUT2D eigenvalue weighted by molar-refractivity contribution is 5.30. The minimum absolute atomic E-state index is 0.0150. The van der Waals surface area contributed by atoms with Crippen molar-refractivity contribution in [2.45, 2.75) is 70.5 Å². The first-order chi connectivity index (χ1) is 10.5. The van der Waals surface area contributed by atoms with Crippen molar-refractivity contribution in [1.29, 1.82) is 0 Å². The lowest BCUT2D eigenvalue weighted by Gasteiger charge is -2.59. The van der Waals surface area contributed by atoms with Gasteiger partial charge in [-0.1, -0.05) is 18.6 Å². The number of hydrogen-bond donors (Lipinski definition) is 3. The highest BCUT2D eigenvalue weighted by atomic mass is 16.3. The third-order valence-corrected chi connectivity index (χ3v) is 7.99. The highest BCUT2D eigenvalue weighted by Gasteiger charge is 2.58. The maximum atomic E-state index is 10.4. The molecule has 7 atom stereocenters. The number of aliphatic hydroxyl groups is 3. The van der Waals surface area contributed by atoms with E-state index in [4.69, 9.17) is 0 Å². The maximum absolute atomic E-state index is 10.4. The quantitative estimate of drug-likeness (QED) is 0.653. The van der Waals surface area contributed by atoms with Gasteiger partial charge >= 0.3 is 0 Å². The molecule has 0 heterocycles. The molecule has 3 heteroatoms. The largest absolute Gasteiger partial charge is 0.396 e. The van der Waals surface area contributed by atoms with Crippen molar-refractivity contribution in [1.82, 2.24) is 0 Å². The van der Waals surface area contributed by atoms with Gasteiger partial charge in [-0.05, 0) is 74.5 Å². The van der Waals surface area contributed by atoms with E-state index in [2.05, 4.69) is 13.0 Å². The normalized spacial score (nSPS) is 54.2. The molecule has 0 aromatic rings. The molecule has 3 nitrogen and oxygen atoms in total. The molecule has 0 aromatic carbocycles. The summed E-state index contributed by atoms with van der Waals surface area (Å²) in [6.07, 6.45) is 9.93. The van der Waals surface area contributed by atoms with E-state index >= 15 is 0 Å². The maximum Gasteiger partial charge on any atom is 0.0665 e. The molecule has 0 saturated heterocycles. The van der Waals surface area contributed by atoms with Crippen LogP contribution in [0.3, 0.4) is 0 Å². The SMILES string of the molecule is C[C@]12CC[C@@H]3[C@@H](CCC4CC(O)CC[C@@]43CO)C1=CCC2O. The molecule has 3 N–H and O–H groups in total. The van der Waals surface area contributed by atoms with Gasteiger partial charge < -0.3 is 15.3 Å². The van der Waals surface area contributed by atoms with E-state index in [0.717, 1.165) is 44.9 Å². The summed E-state index contributed by atoms with van der Waals surface area (Å²) in [6, 6.07) is 0. The predicted molar refractivity (Wildman–Crippen MR) is 85.1 cm³/mol. The van der Waals surface area contributed by atoms with Crippen molar-refractivity contribution >= 4 is 0 Å². The topological polar surface area (TPSA) is 60.7 Å². The number of rotatable bonds is 1. The van der Waals surface area contributed by atoms with Crippen molar-refractivity contribution in [2.24, 2.45) is 28.6 Å². The van der Waals surface area contributed by atoms with Crippen LogP contribution in [0.5, 0.6) is 0 Å². The fraction of sp³-hybridized carbons (Fsp3) is 0.895. The van der Waals surface area contributed by atoms with E-state index in [1.807, 2.05) is 0 Å². The highest BCUT2D eigenvalue weighted by Crippen LogP contribution is 2.64. The van der Waals surface area contributed by atoms with Crippen LogP contribution in [0.15, 0.2) is 11.6 Å². The second-order valence-electron chi connectivity index (χ2n) is 8.67. The third-order valence-electron chi connectivity index (χ3n) is 7.99. The third kappa shape index (κ3) is 1.85. The number of hydrogen-bond acceptors (Lipinski definition) is 3. The summed E-state index contributed by atoms with van der Waals surface area (Å²) in [7, 11) is 0. The van der Waals surface area contributed by atoms with Gasteiger partial charge in [-0.25, -0.2) is 0 Å². The Morgan fingerprint density at radius 2 is 1.95 bits per heavy atom. The molecule has 0 amide bonds. The van der Waals surface area contributed by atoms with Crippen LogP contribution < -0.4 is 0 Å². The molecule has 4 rings (SSSR count). The molecule has 0 bridgehead atoms. The molecule has 3 fully saturated rings. The van der Waals surface area contributed by atoms with Crippen LogP contribution in [0.25, 0.3) is 0 Å². The van der Waals surface area contributed by atoms with Crippen molar-refractivity contribution in [3.05, 3.63) is 11.6 Å². The Kier molecular flexibility index (Phi) is 3.49. The Hall–Kier alpha value is -0.380. The first kappa shape index (κ1) is 15.2. The van der Waals surface area contributed by atoms with Crippen LogP contribution in [-0.4, -0.2) is 34.1 Å². The van der Waals surface area contributed by atoms with Crippen LogP contribution in [0, 0.1) is 28.6 Å². The Morgan fingerprint density at radius 3 is 2.73 bits per heavy atom. The van der Waals surface area contributed by atoms with Crippen LogP contribution in [-0.2, 0) is 0 Å². The average Bonchev–Trinajstić information content (AvgIpc) is 2.82. The van der Waals surface area contributed by atoms with Gasteiger partial charge in [0, 0.05) is 12.0 Å². The minimum Gasteiger partial charge on any atom is -0.396 e. The molecule has 0 aliphatic heterocycles. The molecule has 0 radical (unpaired) electrons. The molecule has 0 aromatic heterocycles. The zero-order valence-corrected chi connectivity index (χ0v) is 13.7. The summed E-state index contributed by atoms with van der Waals surface area (Å²) in [5, 5.41) is 30.8. The smallest absolute Gasteiger partial charge is 0.0665 e. The summed E-state index contributed by atoms with van der Waals surface area (Å²) >= 11 is 0.